The largest absolute Gasteiger partial charge is 0.324 e. The quantitative estimate of drug-likeness (QED) is 0.812. The van der Waals surface area contributed by atoms with Crippen LogP contribution in [0.2, 0.25) is 0 Å². The van der Waals surface area contributed by atoms with Crippen LogP contribution in [0.1, 0.15) is 24.0 Å². The van der Waals surface area contributed by atoms with Crippen molar-refractivity contribution in [3.8, 4) is 0 Å². The molecule has 0 aliphatic heterocycles. The standard InChI is InChI=1S/C14H16ClNO/c1-10-3-2-4-13(16-14(17)9-15)12(10)8-7-11-5-6-11/h2-4,7-8,11H,5-6,9H2,1H3,(H,16,17)/b8-7-. The van der Waals surface area contributed by atoms with E-state index in [1.807, 2.05) is 25.1 Å². The fraction of sp³-hybridized carbons (Fsp3) is 0.357. The van der Waals surface area contributed by atoms with Crippen molar-refractivity contribution in [3.05, 3.63) is 35.4 Å². The number of anilines is 1. The van der Waals surface area contributed by atoms with Gasteiger partial charge in [0.05, 0.1) is 0 Å². The zero-order chi connectivity index (χ0) is 12.3. The lowest BCUT2D eigenvalue weighted by atomic mass is 10.1. The Balaban J connectivity index is 2.23. The van der Waals surface area contributed by atoms with Crippen LogP contribution >= 0.6 is 11.6 Å². The summed E-state index contributed by atoms with van der Waals surface area (Å²) in [4.78, 5) is 11.3. The number of benzene rings is 1. The second kappa shape index (κ2) is 5.37. The van der Waals surface area contributed by atoms with Gasteiger partial charge in [-0.25, -0.2) is 0 Å². The number of rotatable bonds is 4. The van der Waals surface area contributed by atoms with Gasteiger partial charge in [-0.15, -0.1) is 11.6 Å². The molecule has 17 heavy (non-hydrogen) atoms. The minimum Gasteiger partial charge on any atom is -0.324 e. The normalized spacial score (nSPS) is 15.2. The molecule has 1 aromatic carbocycles. The van der Waals surface area contributed by atoms with Crippen molar-refractivity contribution in [1.82, 2.24) is 0 Å². The third-order valence-corrected chi connectivity index (χ3v) is 3.12. The van der Waals surface area contributed by atoms with E-state index in [4.69, 9.17) is 11.6 Å². The van der Waals surface area contributed by atoms with Gasteiger partial charge < -0.3 is 5.32 Å². The van der Waals surface area contributed by atoms with Crippen LogP contribution in [-0.2, 0) is 4.79 Å². The first-order valence-corrected chi connectivity index (χ1v) is 6.38. The van der Waals surface area contributed by atoms with E-state index in [0.29, 0.717) is 0 Å². The summed E-state index contributed by atoms with van der Waals surface area (Å²) in [6.07, 6.45) is 6.90. The summed E-state index contributed by atoms with van der Waals surface area (Å²) in [6.45, 7) is 2.04. The van der Waals surface area contributed by atoms with Gasteiger partial charge in [-0.05, 0) is 37.3 Å². The molecule has 0 aromatic heterocycles. The predicted octanol–water partition coefficient (Wildman–Crippen LogP) is 3.60. The molecule has 0 bridgehead atoms. The molecule has 1 amide bonds. The Bertz CT molecular complexity index is 450. The van der Waals surface area contributed by atoms with Gasteiger partial charge in [-0.3, -0.25) is 4.79 Å². The van der Waals surface area contributed by atoms with Gasteiger partial charge in [0.15, 0.2) is 0 Å². The van der Waals surface area contributed by atoms with Crippen LogP contribution in [0.25, 0.3) is 6.08 Å². The van der Waals surface area contributed by atoms with Crippen LogP contribution in [0.3, 0.4) is 0 Å². The SMILES string of the molecule is Cc1cccc(NC(=O)CCl)c1/C=C\C1CC1. The number of halogens is 1. The van der Waals surface area contributed by atoms with Crippen LogP contribution in [0.15, 0.2) is 24.3 Å². The van der Waals surface area contributed by atoms with Crippen molar-refractivity contribution in [2.24, 2.45) is 5.92 Å². The average Bonchev–Trinajstić information content (AvgIpc) is 3.12. The van der Waals surface area contributed by atoms with E-state index in [9.17, 15) is 4.79 Å². The van der Waals surface area contributed by atoms with Crippen LogP contribution in [0.4, 0.5) is 5.69 Å². The Morgan fingerprint density at radius 3 is 2.94 bits per heavy atom. The van der Waals surface area contributed by atoms with Gasteiger partial charge in [0.1, 0.15) is 5.88 Å². The maximum absolute atomic E-state index is 11.3. The fourth-order valence-corrected chi connectivity index (χ4v) is 1.78. The number of hydrogen-bond donors (Lipinski definition) is 1. The fourth-order valence-electron chi connectivity index (χ4n) is 1.72. The van der Waals surface area contributed by atoms with Crippen molar-refractivity contribution in [2.75, 3.05) is 11.2 Å². The summed E-state index contributed by atoms with van der Waals surface area (Å²) in [6, 6.07) is 5.89. The molecule has 0 heterocycles. The number of allylic oxidation sites excluding steroid dienone is 1. The first-order valence-electron chi connectivity index (χ1n) is 5.84. The minimum absolute atomic E-state index is 0.0142. The summed E-state index contributed by atoms with van der Waals surface area (Å²) in [5.74, 6) is 0.546. The molecular formula is C14H16ClNO. The molecule has 1 saturated carbocycles. The van der Waals surface area contributed by atoms with E-state index in [1.54, 1.807) is 0 Å². The first kappa shape index (κ1) is 12.2. The van der Waals surface area contributed by atoms with Gasteiger partial charge in [0, 0.05) is 11.3 Å². The summed E-state index contributed by atoms with van der Waals surface area (Å²) in [5.41, 5.74) is 3.08. The van der Waals surface area contributed by atoms with Gasteiger partial charge in [-0.2, -0.15) is 0 Å². The second-order valence-electron chi connectivity index (χ2n) is 4.41. The predicted molar refractivity (Wildman–Crippen MR) is 72.3 cm³/mol. The first-order chi connectivity index (χ1) is 8.20. The lowest BCUT2D eigenvalue weighted by molar-refractivity contribution is -0.113. The Kier molecular flexibility index (Phi) is 3.85. The number of carbonyl (C=O) groups is 1. The molecule has 0 spiro atoms. The van der Waals surface area contributed by atoms with E-state index in [-0.39, 0.29) is 11.8 Å². The molecule has 1 aromatic rings. The Hall–Kier alpha value is -1.28. The van der Waals surface area contributed by atoms with Crippen molar-refractivity contribution in [2.45, 2.75) is 19.8 Å². The Morgan fingerprint density at radius 1 is 1.53 bits per heavy atom. The van der Waals surface area contributed by atoms with Crippen LogP contribution in [-0.4, -0.2) is 11.8 Å². The molecule has 1 aliphatic rings. The highest BCUT2D eigenvalue weighted by Crippen LogP contribution is 2.32. The molecule has 0 atom stereocenters. The maximum atomic E-state index is 11.3. The summed E-state index contributed by atoms with van der Waals surface area (Å²) >= 11 is 5.50. The van der Waals surface area contributed by atoms with Crippen molar-refractivity contribution >= 4 is 29.3 Å². The maximum Gasteiger partial charge on any atom is 0.239 e. The topological polar surface area (TPSA) is 29.1 Å². The highest BCUT2D eigenvalue weighted by atomic mass is 35.5. The number of hydrogen-bond acceptors (Lipinski definition) is 1. The van der Waals surface area contributed by atoms with Crippen LogP contribution < -0.4 is 5.32 Å². The average molecular weight is 250 g/mol. The lowest BCUT2D eigenvalue weighted by Gasteiger charge is -2.09. The van der Waals surface area contributed by atoms with Gasteiger partial charge >= 0.3 is 0 Å². The third kappa shape index (κ3) is 3.34. The van der Waals surface area contributed by atoms with E-state index >= 15 is 0 Å². The van der Waals surface area contributed by atoms with Crippen molar-refractivity contribution in [1.29, 1.82) is 0 Å². The molecule has 0 radical (unpaired) electrons. The zero-order valence-electron chi connectivity index (χ0n) is 9.87. The smallest absolute Gasteiger partial charge is 0.239 e. The molecule has 0 unspecified atom stereocenters. The number of nitrogens with one attached hydrogen (secondary N) is 1. The third-order valence-electron chi connectivity index (χ3n) is 2.88. The van der Waals surface area contributed by atoms with E-state index in [1.165, 1.54) is 12.8 Å². The van der Waals surface area contributed by atoms with Gasteiger partial charge in [0.25, 0.3) is 0 Å². The number of amides is 1. The summed E-state index contributed by atoms with van der Waals surface area (Å²) in [5, 5.41) is 2.82. The molecule has 1 N–H and O–H groups in total. The van der Waals surface area contributed by atoms with Gasteiger partial charge in [-0.1, -0.05) is 24.3 Å². The minimum atomic E-state index is -0.168. The van der Waals surface area contributed by atoms with Crippen molar-refractivity contribution in [3.63, 3.8) is 0 Å². The van der Waals surface area contributed by atoms with Crippen LogP contribution in [0, 0.1) is 12.8 Å². The van der Waals surface area contributed by atoms with E-state index in [0.717, 1.165) is 22.7 Å². The molecule has 2 nitrogen and oxygen atoms in total. The number of aryl methyl sites for hydroxylation is 1. The zero-order valence-corrected chi connectivity index (χ0v) is 10.6. The second-order valence-corrected chi connectivity index (χ2v) is 4.68. The number of alkyl halides is 1. The number of carbonyl (C=O) groups excluding carboxylic acids is 1. The molecule has 0 saturated heterocycles. The Labute approximate surface area is 107 Å². The lowest BCUT2D eigenvalue weighted by Crippen LogP contribution is -2.13. The van der Waals surface area contributed by atoms with Crippen LogP contribution in [0.5, 0.6) is 0 Å². The molecule has 3 heteroatoms. The molecule has 1 fully saturated rings. The monoisotopic (exact) mass is 249 g/mol. The molecule has 90 valence electrons. The molecule has 1 aliphatic carbocycles. The summed E-state index contributed by atoms with van der Waals surface area (Å²) in [7, 11) is 0. The summed E-state index contributed by atoms with van der Waals surface area (Å²) < 4.78 is 0. The highest BCUT2D eigenvalue weighted by molar-refractivity contribution is 6.29. The molecular weight excluding hydrogens is 234 g/mol. The van der Waals surface area contributed by atoms with E-state index < -0.39 is 0 Å². The van der Waals surface area contributed by atoms with Gasteiger partial charge in [0.2, 0.25) is 5.91 Å². The van der Waals surface area contributed by atoms with E-state index in [2.05, 4.69) is 17.5 Å². The molecule has 2 rings (SSSR count). The highest BCUT2D eigenvalue weighted by Gasteiger charge is 2.17. The van der Waals surface area contributed by atoms with Crippen molar-refractivity contribution < 1.29 is 4.79 Å². The Morgan fingerprint density at radius 2 is 2.29 bits per heavy atom.